The lowest BCUT2D eigenvalue weighted by Crippen LogP contribution is -2.51. The highest BCUT2D eigenvalue weighted by Crippen LogP contribution is 1.97. The topological polar surface area (TPSA) is 98.7 Å². The molecule has 0 saturated carbocycles. The summed E-state index contributed by atoms with van der Waals surface area (Å²) in [5, 5.41) is 22.6. The third kappa shape index (κ3) is 5.55. The van der Waals surface area contributed by atoms with Gasteiger partial charge in [0, 0.05) is 6.54 Å². The van der Waals surface area contributed by atoms with Gasteiger partial charge in [0.2, 0.25) is 0 Å². The number of carbonyl (C=O) groups excluding carboxylic acids is 1. The van der Waals surface area contributed by atoms with Crippen LogP contribution in [-0.4, -0.2) is 40.9 Å². The molecule has 3 atom stereocenters. The Morgan fingerprint density at radius 2 is 1.88 bits per heavy atom. The van der Waals surface area contributed by atoms with Crippen molar-refractivity contribution in [3.8, 4) is 0 Å². The van der Waals surface area contributed by atoms with Crippen molar-refractivity contribution in [3.05, 3.63) is 0 Å². The van der Waals surface area contributed by atoms with Gasteiger partial charge in [-0.3, -0.25) is 0 Å². The highest BCUT2D eigenvalue weighted by atomic mass is 16.4. The second kappa shape index (κ2) is 7.05. The van der Waals surface area contributed by atoms with Crippen molar-refractivity contribution in [2.75, 3.05) is 6.54 Å². The Morgan fingerprint density at radius 1 is 1.31 bits per heavy atom. The summed E-state index contributed by atoms with van der Waals surface area (Å²) in [5.41, 5.74) is 0. The Bertz CT molecular complexity index is 243. The van der Waals surface area contributed by atoms with Crippen LogP contribution in [0.15, 0.2) is 0 Å². The number of carboxylic acid groups (broad SMARTS) is 1. The first kappa shape index (κ1) is 14.7. The molecule has 0 spiro atoms. The van der Waals surface area contributed by atoms with E-state index >= 15 is 0 Å². The van der Waals surface area contributed by atoms with E-state index in [4.69, 9.17) is 10.2 Å². The van der Waals surface area contributed by atoms with Crippen molar-refractivity contribution in [3.63, 3.8) is 0 Å². The van der Waals surface area contributed by atoms with Gasteiger partial charge in [0.15, 0.2) is 6.04 Å². The fourth-order valence-corrected chi connectivity index (χ4v) is 0.992. The number of amides is 2. The number of carbonyl (C=O) groups is 2. The number of aliphatic hydroxyl groups is 1. The highest BCUT2D eigenvalue weighted by molar-refractivity contribution is 5.82. The molecule has 3 unspecified atom stereocenters. The van der Waals surface area contributed by atoms with Gasteiger partial charge in [0.05, 0.1) is 6.10 Å². The van der Waals surface area contributed by atoms with Crippen LogP contribution in [0.3, 0.4) is 0 Å². The van der Waals surface area contributed by atoms with Crippen molar-refractivity contribution in [1.82, 2.24) is 10.6 Å². The molecule has 0 aliphatic carbocycles. The maximum absolute atomic E-state index is 11.3. The number of aliphatic carboxylic acids is 1. The number of hydrogen-bond donors (Lipinski definition) is 4. The largest absolute Gasteiger partial charge is 0.480 e. The van der Waals surface area contributed by atoms with Gasteiger partial charge in [-0.1, -0.05) is 20.3 Å². The first-order valence-corrected chi connectivity index (χ1v) is 5.33. The molecule has 94 valence electrons. The van der Waals surface area contributed by atoms with E-state index < -0.39 is 24.1 Å². The molecule has 0 aliphatic heterocycles. The number of aliphatic hydroxyl groups excluding tert-OH is 1. The van der Waals surface area contributed by atoms with Crippen LogP contribution in [0.4, 0.5) is 4.79 Å². The summed E-state index contributed by atoms with van der Waals surface area (Å²) in [6, 6.07) is -1.86. The van der Waals surface area contributed by atoms with Gasteiger partial charge in [-0.2, -0.15) is 0 Å². The highest BCUT2D eigenvalue weighted by Gasteiger charge is 2.24. The van der Waals surface area contributed by atoms with Crippen LogP contribution in [0.2, 0.25) is 0 Å². The van der Waals surface area contributed by atoms with Gasteiger partial charge in [-0.25, -0.2) is 9.59 Å². The Kier molecular flexibility index (Phi) is 6.48. The summed E-state index contributed by atoms with van der Waals surface area (Å²) in [6.07, 6.45) is -0.203. The maximum atomic E-state index is 11.3. The van der Waals surface area contributed by atoms with Crippen LogP contribution in [0, 0.1) is 5.92 Å². The molecule has 0 bridgehead atoms. The average Bonchev–Trinajstić information content (AvgIpc) is 2.21. The van der Waals surface area contributed by atoms with Crippen LogP contribution in [0.5, 0.6) is 0 Å². The molecule has 6 heteroatoms. The van der Waals surface area contributed by atoms with Gasteiger partial charge in [0.1, 0.15) is 0 Å². The molecular formula is C10H20N2O4. The molecule has 16 heavy (non-hydrogen) atoms. The van der Waals surface area contributed by atoms with E-state index in [-0.39, 0.29) is 0 Å². The molecular weight excluding hydrogens is 212 g/mol. The summed E-state index contributed by atoms with van der Waals surface area (Å²) in [6.45, 7) is 5.77. The van der Waals surface area contributed by atoms with Crippen molar-refractivity contribution in [1.29, 1.82) is 0 Å². The van der Waals surface area contributed by atoms with Gasteiger partial charge in [0.25, 0.3) is 0 Å². The molecule has 0 radical (unpaired) electrons. The minimum absolute atomic E-state index is 0.334. The van der Waals surface area contributed by atoms with E-state index in [2.05, 4.69) is 10.6 Å². The van der Waals surface area contributed by atoms with Crippen LogP contribution in [0.25, 0.3) is 0 Å². The van der Waals surface area contributed by atoms with Crippen LogP contribution >= 0.6 is 0 Å². The Morgan fingerprint density at radius 3 is 2.25 bits per heavy atom. The molecule has 0 rings (SSSR count). The number of hydrogen-bond acceptors (Lipinski definition) is 3. The quantitative estimate of drug-likeness (QED) is 0.524. The second-order valence-electron chi connectivity index (χ2n) is 3.92. The molecule has 0 aromatic carbocycles. The predicted molar refractivity (Wildman–Crippen MR) is 59.1 cm³/mol. The zero-order valence-electron chi connectivity index (χ0n) is 9.86. The Balaban J connectivity index is 4.06. The zero-order valence-corrected chi connectivity index (χ0v) is 9.86. The monoisotopic (exact) mass is 232 g/mol. The molecule has 0 saturated heterocycles. The lowest BCUT2D eigenvalue weighted by molar-refractivity contribution is -0.141. The lowest BCUT2D eigenvalue weighted by atomic mass is 10.1. The molecule has 0 aliphatic rings. The van der Waals surface area contributed by atoms with E-state index in [1.165, 1.54) is 6.92 Å². The summed E-state index contributed by atoms with van der Waals surface area (Å²) >= 11 is 0. The van der Waals surface area contributed by atoms with Gasteiger partial charge >= 0.3 is 12.0 Å². The normalized spacial score (nSPS) is 16.0. The van der Waals surface area contributed by atoms with Crippen molar-refractivity contribution >= 4 is 12.0 Å². The molecule has 0 aromatic rings. The molecule has 6 nitrogen and oxygen atoms in total. The number of nitrogens with one attached hydrogen (secondary N) is 2. The first-order valence-electron chi connectivity index (χ1n) is 5.33. The van der Waals surface area contributed by atoms with E-state index in [0.717, 1.165) is 6.42 Å². The van der Waals surface area contributed by atoms with E-state index in [9.17, 15) is 9.59 Å². The third-order valence-corrected chi connectivity index (χ3v) is 2.34. The van der Waals surface area contributed by atoms with Crippen molar-refractivity contribution in [2.24, 2.45) is 5.92 Å². The van der Waals surface area contributed by atoms with E-state index in [0.29, 0.717) is 12.5 Å². The Labute approximate surface area is 95.0 Å². The van der Waals surface area contributed by atoms with E-state index in [1.807, 2.05) is 13.8 Å². The maximum Gasteiger partial charge on any atom is 0.328 e. The zero-order chi connectivity index (χ0) is 12.7. The summed E-state index contributed by atoms with van der Waals surface area (Å²) in [7, 11) is 0. The molecule has 0 aromatic heterocycles. The van der Waals surface area contributed by atoms with Crippen molar-refractivity contribution in [2.45, 2.75) is 39.3 Å². The summed E-state index contributed by atoms with van der Waals surface area (Å²) < 4.78 is 0. The first-order chi connectivity index (χ1) is 7.38. The number of urea groups is 1. The Hall–Kier alpha value is -1.30. The van der Waals surface area contributed by atoms with Crippen LogP contribution < -0.4 is 10.6 Å². The molecule has 2 amide bonds. The van der Waals surface area contributed by atoms with Crippen molar-refractivity contribution < 1.29 is 19.8 Å². The van der Waals surface area contributed by atoms with E-state index in [1.54, 1.807) is 0 Å². The summed E-state index contributed by atoms with van der Waals surface area (Å²) in [4.78, 5) is 22.0. The number of carboxylic acids is 1. The third-order valence-electron chi connectivity index (χ3n) is 2.34. The number of rotatable bonds is 6. The standard InChI is InChI=1S/C10H20N2O4/c1-4-6(2)5-11-10(16)12-8(7(3)13)9(14)15/h6-8,13H,4-5H2,1-3H3,(H,14,15)(H2,11,12,16). The minimum Gasteiger partial charge on any atom is -0.480 e. The fourth-order valence-electron chi connectivity index (χ4n) is 0.992. The fraction of sp³-hybridized carbons (Fsp3) is 0.800. The van der Waals surface area contributed by atoms with Crippen LogP contribution in [-0.2, 0) is 4.79 Å². The average molecular weight is 232 g/mol. The molecule has 4 N–H and O–H groups in total. The van der Waals surface area contributed by atoms with Gasteiger partial charge in [-0.05, 0) is 12.8 Å². The van der Waals surface area contributed by atoms with Gasteiger partial charge < -0.3 is 20.8 Å². The summed E-state index contributed by atoms with van der Waals surface area (Å²) in [5.74, 6) is -0.922. The van der Waals surface area contributed by atoms with Gasteiger partial charge in [-0.15, -0.1) is 0 Å². The lowest BCUT2D eigenvalue weighted by Gasteiger charge is -2.18. The van der Waals surface area contributed by atoms with Crippen LogP contribution in [0.1, 0.15) is 27.2 Å². The minimum atomic E-state index is -1.28. The second-order valence-corrected chi connectivity index (χ2v) is 3.92. The molecule has 0 heterocycles. The predicted octanol–water partition coefficient (Wildman–Crippen LogP) is 0.166. The smallest absolute Gasteiger partial charge is 0.328 e. The SMILES string of the molecule is CCC(C)CNC(=O)NC(C(=O)O)C(C)O. The molecule has 0 fully saturated rings.